The highest BCUT2D eigenvalue weighted by molar-refractivity contribution is 7.54. The van der Waals surface area contributed by atoms with Crippen molar-refractivity contribution < 1.29 is 43.3 Å². The van der Waals surface area contributed by atoms with Crippen molar-refractivity contribution in [2.24, 2.45) is 22.6 Å². The number of likely N-dealkylation sites (N-methyl/N-ethyl adjacent to an activating group) is 1. The molecule has 5 atom stereocenters. The molecule has 16 nitrogen and oxygen atoms in total. The first-order valence-corrected chi connectivity index (χ1v) is 20.0. The lowest BCUT2D eigenvalue weighted by Crippen LogP contribution is -2.71. The average molecular weight is 803 g/mol. The zero-order valence-electron chi connectivity index (χ0n) is 32.5. The van der Waals surface area contributed by atoms with Crippen LogP contribution in [-0.4, -0.2) is 96.3 Å². The molecule has 0 aliphatic heterocycles. The zero-order chi connectivity index (χ0) is 41.8. The summed E-state index contributed by atoms with van der Waals surface area (Å²) < 4.78 is 25.6. The van der Waals surface area contributed by atoms with Crippen LogP contribution in [0.15, 0.2) is 82.7 Å². The van der Waals surface area contributed by atoms with Gasteiger partial charge in [0.05, 0.1) is 35.9 Å². The number of phenolic OH excluding ortho intramolecular Hbond substituents is 1. The number of anilines is 2. The fourth-order valence-corrected chi connectivity index (χ4v) is 10.5. The number of hydrogen-bond donors (Lipinski definition) is 6. The van der Waals surface area contributed by atoms with Crippen molar-refractivity contribution in [1.29, 1.82) is 0 Å². The number of hydrogen-bond acceptors (Lipinski definition) is 15. The van der Waals surface area contributed by atoms with Gasteiger partial charge in [-0.3, -0.25) is 18.9 Å². The summed E-state index contributed by atoms with van der Waals surface area (Å²) in [6.07, 6.45) is -0.446. The topological polar surface area (TPSA) is 247 Å². The zero-order valence-corrected chi connectivity index (χ0v) is 33.4. The summed E-state index contributed by atoms with van der Waals surface area (Å²) in [5.74, 6) is -7.53. The van der Waals surface area contributed by atoms with Crippen LogP contribution in [-0.2, 0) is 34.4 Å². The van der Waals surface area contributed by atoms with E-state index in [4.69, 9.17) is 20.5 Å². The van der Waals surface area contributed by atoms with E-state index >= 15 is 0 Å². The van der Waals surface area contributed by atoms with Crippen LogP contribution in [0.1, 0.15) is 42.7 Å². The van der Waals surface area contributed by atoms with Crippen molar-refractivity contribution in [2.45, 2.75) is 49.7 Å². The number of fused-ring (bicyclic) bond motifs is 3. The predicted octanol–water partition coefficient (Wildman–Crippen LogP) is 4.36. The van der Waals surface area contributed by atoms with Gasteiger partial charge in [0.25, 0.3) is 5.91 Å². The van der Waals surface area contributed by atoms with Crippen LogP contribution >= 0.6 is 7.60 Å². The smallest absolute Gasteiger partial charge is 0.357 e. The number of aliphatic hydroxyl groups excluding tert-OH is 1. The molecule has 2 unspecified atom stereocenters. The number of phenols is 1. The molecule has 6 rings (SSSR count). The normalized spacial score (nSPS) is 23.8. The summed E-state index contributed by atoms with van der Waals surface area (Å²) in [6.45, 7) is 3.70. The molecule has 3 aliphatic rings. The third kappa shape index (κ3) is 6.65. The highest BCUT2D eigenvalue weighted by atomic mass is 31.2. The van der Waals surface area contributed by atoms with Gasteiger partial charge in [0.2, 0.25) is 11.6 Å². The quantitative estimate of drug-likeness (QED) is 0.0609. The lowest BCUT2D eigenvalue weighted by Gasteiger charge is -2.53. The molecule has 1 amide bonds. The van der Waals surface area contributed by atoms with Crippen molar-refractivity contribution in [3.05, 3.63) is 99.1 Å². The van der Waals surface area contributed by atoms with Gasteiger partial charge in [0, 0.05) is 37.0 Å². The van der Waals surface area contributed by atoms with Crippen LogP contribution in [0.5, 0.6) is 5.75 Å². The first kappa shape index (κ1) is 41.4. The van der Waals surface area contributed by atoms with Gasteiger partial charge in [-0.25, -0.2) is 0 Å². The summed E-state index contributed by atoms with van der Waals surface area (Å²) in [6, 6.07) is 16.4. The van der Waals surface area contributed by atoms with Gasteiger partial charge in [-0.15, -0.1) is 4.91 Å². The Bertz CT molecular complexity index is 2250. The van der Waals surface area contributed by atoms with E-state index in [0.29, 0.717) is 28.1 Å². The van der Waals surface area contributed by atoms with E-state index in [9.17, 15) is 39.2 Å². The molecule has 302 valence electrons. The standard InChI is InChI=1S/C40H47N6O10P/c1-7-55-57(54,56-8-2)38(43-23-12-10-9-11-13-23)22-16-14-21(15-17-22)24-18-27(45(3)4)25-19-39(42)20-26-32(46(5)6)31(44-53)29(37(41)51)35(49)40(26,52)36(50)30(39)34(48)28(25)33(24)47/h9-18,26,32,38,43,47-48,52H,7-8,19-20,42H2,1-6H3,(H2,41,51)/t26-,32?,38?,39+,40+/m0/s1. The van der Waals surface area contributed by atoms with Gasteiger partial charge in [-0.1, -0.05) is 42.5 Å². The Kier molecular flexibility index (Phi) is 11.1. The number of rotatable bonds is 13. The number of benzene rings is 3. The summed E-state index contributed by atoms with van der Waals surface area (Å²) in [4.78, 5) is 56.2. The number of carbonyl (C=O) groups is 3. The van der Waals surface area contributed by atoms with Crippen molar-refractivity contribution in [1.82, 2.24) is 4.90 Å². The maximum absolute atomic E-state index is 14.6. The maximum atomic E-state index is 14.6. The molecule has 8 N–H and O–H groups in total. The number of primary amides is 1. The molecular weight excluding hydrogens is 755 g/mol. The second-order valence-corrected chi connectivity index (χ2v) is 17.0. The molecule has 1 fully saturated rings. The molecule has 17 heteroatoms. The minimum absolute atomic E-state index is 0.132. The van der Waals surface area contributed by atoms with E-state index in [1.165, 1.54) is 19.0 Å². The number of ketones is 2. The van der Waals surface area contributed by atoms with E-state index in [1.807, 2.05) is 30.3 Å². The molecule has 3 aliphatic carbocycles. The van der Waals surface area contributed by atoms with Crippen molar-refractivity contribution in [2.75, 3.05) is 51.6 Å². The van der Waals surface area contributed by atoms with Crippen molar-refractivity contribution in [3.8, 4) is 16.9 Å². The molecule has 1 saturated carbocycles. The van der Waals surface area contributed by atoms with Crippen LogP contribution in [0.3, 0.4) is 0 Å². The number of nitroso groups, excluding NO2 is 1. The number of carbonyl (C=O) groups excluding carboxylic acids is 3. The Labute approximate surface area is 329 Å². The molecule has 0 heterocycles. The number of aromatic hydroxyl groups is 1. The van der Waals surface area contributed by atoms with Gasteiger partial charge in [0.1, 0.15) is 22.8 Å². The molecule has 0 saturated heterocycles. The monoisotopic (exact) mass is 802 g/mol. The fourth-order valence-electron chi connectivity index (χ4n) is 8.55. The fraction of sp³-hybridized carbons (Fsp3) is 0.375. The Balaban J connectivity index is 1.50. The summed E-state index contributed by atoms with van der Waals surface area (Å²) in [5, 5.41) is 42.4. The number of nitrogens with one attached hydrogen (secondary N) is 1. The van der Waals surface area contributed by atoms with Crippen molar-refractivity contribution in [3.63, 3.8) is 0 Å². The number of Topliss-reactive ketones (excluding diaryl/α,β-unsaturated/α-hetero) is 2. The minimum atomic E-state index is -3.78. The molecular formula is C40H47N6O10P. The average Bonchev–Trinajstić information content (AvgIpc) is 3.15. The van der Waals surface area contributed by atoms with E-state index in [-0.39, 0.29) is 37.2 Å². The van der Waals surface area contributed by atoms with Crippen LogP contribution in [0, 0.1) is 10.8 Å². The number of amides is 1. The Morgan fingerprint density at radius 1 is 1.02 bits per heavy atom. The van der Waals surface area contributed by atoms with Crippen LogP contribution in [0.4, 0.5) is 11.4 Å². The highest BCUT2D eigenvalue weighted by Gasteiger charge is 2.68. The molecule has 0 bridgehead atoms. The van der Waals surface area contributed by atoms with Gasteiger partial charge in [-0.2, -0.15) is 0 Å². The lowest BCUT2D eigenvalue weighted by molar-refractivity contribution is -0.161. The lowest BCUT2D eigenvalue weighted by atomic mass is 9.54. The third-order valence-electron chi connectivity index (χ3n) is 11.0. The summed E-state index contributed by atoms with van der Waals surface area (Å²) >= 11 is 0. The van der Waals surface area contributed by atoms with Crippen LogP contribution < -0.4 is 21.7 Å². The number of aliphatic hydroxyl groups is 2. The minimum Gasteiger partial charge on any atom is -0.507 e. The second kappa shape index (κ2) is 15.3. The third-order valence-corrected chi connectivity index (χ3v) is 13.3. The van der Waals surface area contributed by atoms with E-state index in [0.717, 1.165) is 0 Å². The molecule has 3 aromatic rings. The Hall–Kier alpha value is -5.22. The number of para-hydroxylation sites is 1. The predicted molar refractivity (Wildman–Crippen MR) is 214 cm³/mol. The van der Waals surface area contributed by atoms with Gasteiger partial charge in [-0.05, 0) is 80.9 Å². The highest BCUT2D eigenvalue weighted by Crippen LogP contribution is 2.61. The van der Waals surface area contributed by atoms with E-state index < -0.39 is 82.3 Å². The number of nitrogens with two attached hydrogens (primary N) is 2. The number of nitrogens with zero attached hydrogens (tertiary/aromatic N) is 3. The van der Waals surface area contributed by atoms with Gasteiger partial charge < -0.3 is 51.0 Å². The van der Waals surface area contributed by atoms with E-state index in [1.54, 1.807) is 63.2 Å². The summed E-state index contributed by atoms with van der Waals surface area (Å²) in [7, 11) is 2.77. The first-order valence-electron chi connectivity index (χ1n) is 18.4. The van der Waals surface area contributed by atoms with Crippen molar-refractivity contribution >= 4 is 42.2 Å². The Morgan fingerprint density at radius 2 is 1.63 bits per heavy atom. The molecule has 0 spiro atoms. The molecule has 57 heavy (non-hydrogen) atoms. The molecule has 0 aromatic heterocycles. The van der Waals surface area contributed by atoms with E-state index in [2.05, 4.69) is 10.5 Å². The molecule has 3 aromatic carbocycles. The van der Waals surface area contributed by atoms with Gasteiger partial charge >= 0.3 is 7.60 Å². The summed E-state index contributed by atoms with van der Waals surface area (Å²) in [5.41, 5.74) is 8.59. The first-order chi connectivity index (χ1) is 26.9. The van der Waals surface area contributed by atoms with Crippen LogP contribution in [0.2, 0.25) is 0 Å². The second-order valence-electron chi connectivity index (χ2n) is 14.9. The largest absolute Gasteiger partial charge is 0.507 e. The Morgan fingerprint density at radius 3 is 2.16 bits per heavy atom. The SMILES string of the molecule is CCOP(=O)(OCC)C(Nc1ccccc1)c1ccc(-c2cc(N(C)C)c3c(c2O)C(O)=C2C(=O)[C@]4(O)C(=O)C(C(N)=O)=C(N=O)C(N(C)C)[C@@H]4C[C@]2(N)C3)cc1. The van der Waals surface area contributed by atoms with Crippen LogP contribution in [0.25, 0.3) is 16.9 Å². The molecule has 0 radical (unpaired) electrons. The van der Waals surface area contributed by atoms with Gasteiger partial charge in [0.15, 0.2) is 11.4 Å². The maximum Gasteiger partial charge on any atom is 0.357 e.